The van der Waals surface area contributed by atoms with Crippen molar-refractivity contribution in [3.05, 3.63) is 64.6 Å². The molecule has 2 N–H and O–H groups in total. The molecule has 1 aromatic heterocycles. The quantitative estimate of drug-likeness (QED) is 0.219. The highest BCUT2D eigenvalue weighted by Gasteiger charge is 2.40. The molecule has 4 rings (SSSR count). The molecule has 3 aromatic rings. The minimum absolute atomic E-state index is 0.0184. The van der Waals surface area contributed by atoms with E-state index < -0.39 is 26.2 Å². The summed E-state index contributed by atoms with van der Waals surface area (Å²) in [5.41, 5.74) is 4.33. The number of nitrogens with zero attached hydrogens (tertiary/aromatic N) is 1. The van der Waals surface area contributed by atoms with Gasteiger partial charge in [0, 0.05) is 34.7 Å². The lowest BCUT2D eigenvalue weighted by atomic mass is 9.86. The number of ether oxygens (including phenoxy) is 1. The van der Waals surface area contributed by atoms with E-state index in [1.54, 1.807) is 13.0 Å². The summed E-state index contributed by atoms with van der Waals surface area (Å²) >= 11 is 0. The van der Waals surface area contributed by atoms with Crippen molar-refractivity contribution < 1.29 is 23.5 Å². The van der Waals surface area contributed by atoms with Gasteiger partial charge >= 0.3 is 5.97 Å². The smallest absolute Gasteiger partial charge is 0.307 e. The van der Waals surface area contributed by atoms with Crippen molar-refractivity contribution in [3.8, 4) is 5.75 Å². The summed E-state index contributed by atoms with van der Waals surface area (Å²) in [5.74, 6) is -1.17. The van der Waals surface area contributed by atoms with Crippen LogP contribution in [0.25, 0.3) is 10.9 Å². The Morgan fingerprint density at radius 2 is 1.90 bits per heavy atom. The number of fused-ring (bicyclic) bond motifs is 3. The number of hydrogen-bond donors (Lipinski definition) is 2. The molecule has 0 radical (unpaired) electrons. The van der Waals surface area contributed by atoms with Crippen LogP contribution in [0.3, 0.4) is 0 Å². The Morgan fingerprint density at radius 3 is 2.56 bits per heavy atom. The first-order valence-electron chi connectivity index (χ1n) is 13.9. The van der Waals surface area contributed by atoms with E-state index in [9.17, 15) is 9.90 Å². The van der Waals surface area contributed by atoms with E-state index in [1.165, 1.54) is 6.07 Å². The first kappa shape index (κ1) is 29.3. The summed E-state index contributed by atoms with van der Waals surface area (Å²) in [5, 5.41) is 10.9. The molecule has 0 saturated carbocycles. The van der Waals surface area contributed by atoms with Crippen molar-refractivity contribution in [2.45, 2.75) is 78.2 Å². The van der Waals surface area contributed by atoms with Gasteiger partial charge < -0.3 is 19.3 Å². The molecule has 0 fully saturated rings. The molecule has 1 aliphatic rings. The standard InChI is InChI=1S/C31H43FN2O4Si/c1-19(30(35)36)18-34-20(2)17-23-22-11-9-10-12-25(22)33-28(23)29(34)27-21(3)26(14-13-24(27)32)37-15-16-38-39(7,8)31(4,5)6/h9-14,19-20,29,33H,15-18H2,1-8H3,(H,35,36)/t19-,20+,29+/m0/s1. The van der Waals surface area contributed by atoms with Gasteiger partial charge in [0.2, 0.25) is 0 Å². The third kappa shape index (κ3) is 5.79. The van der Waals surface area contributed by atoms with Crippen molar-refractivity contribution >= 4 is 25.2 Å². The normalized spacial score (nSPS) is 19.2. The van der Waals surface area contributed by atoms with E-state index >= 15 is 4.39 Å². The lowest BCUT2D eigenvalue weighted by Crippen LogP contribution is -2.46. The molecular weight excluding hydrogens is 511 g/mol. The number of carbonyl (C=O) groups is 1. The second kappa shape index (κ2) is 11.1. The number of aliphatic carboxylic acids is 1. The molecule has 6 nitrogen and oxygen atoms in total. The third-order valence-corrected chi connectivity index (χ3v) is 13.3. The maximum absolute atomic E-state index is 15.8. The van der Waals surface area contributed by atoms with E-state index in [-0.39, 0.29) is 16.9 Å². The van der Waals surface area contributed by atoms with Crippen LogP contribution >= 0.6 is 0 Å². The molecule has 1 aliphatic heterocycles. The molecule has 0 bridgehead atoms. The summed E-state index contributed by atoms with van der Waals surface area (Å²) in [6.45, 7) is 17.9. The Morgan fingerprint density at radius 1 is 1.21 bits per heavy atom. The van der Waals surface area contributed by atoms with E-state index in [1.807, 2.05) is 25.1 Å². The number of aromatic amines is 1. The molecular formula is C31H43FN2O4Si. The molecule has 3 atom stereocenters. The predicted octanol–water partition coefficient (Wildman–Crippen LogP) is 7.07. The number of carboxylic acids is 1. The van der Waals surface area contributed by atoms with Crippen molar-refractivity contribution in [3.63, 3.8) is 0 Å². The average molecular weight is 555 g/mol. The second-order valence-electron chi connectivity index (χ2n) is 12.5. The zero-order valence-corrected chi connectivity index (χ0v) is 25.5. The molecule has 212 valence electrons. The lowest BCUT2D eigenvalue weighted by molar-refractivity contribution is -0.142. The Labute approximate surface area is 232 Å². The Kier molecular flexibility index (Phi) is 8.31. The fourth-order valence-electron chi connectivity index (χ4n) is 5.33. The van der Waals surface area contributed by atoms with E-state index in [2.05, 4.69) is 56.7 Å². The van der Waals surface area contributed by atoms with Crippen molar-refractivity contribution in [2.24, 2.45) is 5.92 Å². The number of carboxylic acid groups (broad SMARTS) is 1. The highest BCUT2D eigenvalue weighted by Crippen LogP contribution is 2.44. The van der Waals surface area contributed by atoms with Crippen molar-refractivity contribution in [2.75, 3.05) is 19.8 Å². The highest BCUT2D eigenvalue weighted by atomic mass is 28.4. The number of para-hydroxylation sites is 1. The summed E-state index contributed by atoms with van der Waals surface area (Å²) in [7, 11) is -1.90. The number of rotatable bonds is 9. The van der Waals surface area contributed by atoms with Crippen LogP contribution in [0.1, 0.15) is 63.0 Å². The monoisotopic (exact) mass is 554 g/mol. The van der Waals surface area contributed by atoms with Crippen LogP contribution in [0, 0.1) is 18.7 Å². The van der Waals surface area contributed by atoms with Gasteiger partial charge in [0.05, 0.1) is 18.6 Å². The SMILES string of the molecule is Cc1c(OCCO[Si](C)(C)C(C)(C)C)ccc(F)c1[C@@H]1c2[nH]c3ccccc3c2C[C@@H](C)N1C[C@H](C)C(=O)O. The number of nitrogens with one attached hydrogen (secondary N) is 1. The number of aromatic nitrogens is 1. The Bertz CT molecular complexity index is 1350. The number of H-pyrrole nitrogens is 1. The van der Waals surface area contributed by atoms with Crippen molar-refractivity contribution in [1.29, 1.82) is 0 Å². The Balaban J connectivity index is 1.72. The topological polar surface area (TPSA) is 74.8 Å². The van der Waals surface area contributed by atoms with Crippen molar-refractivity contribution in [1.82, 2.24) is 9.88 Å². The number of benzene rings is 2. The highest BCUT2D eigenvalue weighted by molar-refractivity contribution is 6.74. The van der Waals surface area contributed by atoms with Crippen LogP contribution < -0.4 is 4.74 Å². The zero-order chi connectivity index (χ0) is 28.7. The van der Waals surface area contributed by atoms with Gasteiger partial charge in [-0.2, -0.15) is 0 Å². The molecule has 0 unspecified atom stereocenters. The van der Waals surface area contributed by atoms with Crippen LogP contribution in [0.15, 0.2) is 36.4 Å². The fourth-order valence-corrected chi connectivity index (χ4v) is 6.36. The van der Waals surface area contributed by atoms with Crippen LogP contribution in [0.2, 0.25) is 18.1 Å². The maximum atomic E-state index is 15.8. The van der Waals surface area contributed by atoms with Gasteiger partial charge in [0.1, 0.15) is 18.2 Å². The zero-order valence-electron chi connectivity index (χ0n) is 24.5. The number of halogens is 1. The number of hydrogen-bond acceptors (Lipinski definition) is 4. The first-order chi connectivity index (χ1) is 18.2. The van der Waals surface area contributed by atoms with E-state index in [0.29, 0.717) is 31.1 Å². The molecule has 0 amide bonds. The lowest BCUT2D eigenvalue weighted by Gasteiger charge is -2.42. The predicted molar refractivity (Wildman–Crippen MR) is 157 cm³/mol. The molecule has 0 saturated heterocycles. The van der Waals surface area contributed by atoms with E-state index in [4.69, 9.17) is 9.16 Å². The van der Waals surface area contributed by atoms with Gasteiger partial charge in [-0.3, -0.25) is 9.69 Å². The van der Waals surface area contributed by atoms with Crippen LogP contribution in [-0.2, 0) is 15.6 Å². The van der Waals surface area contributed by atoms with Gasteiger partial charge in [-0.15, -0.1) is 0 Å². The Hall–Kier alpha value is -2.68. The molecule has 8 heteroatoms. The minimum Gasteiger partial charge on any atom is -0.491 e. The summed E-state index contributed by atoms with van der Waals surface area (Å²) in [4.78, 5) is 17.5. The van der Waals surface area contributed by atoms with Crippen LogP contribution in [-0.4, -0.2) is 55.1 Å². The van der Waals surface area contributed by atoms with Gasteiger partial charge in [0.15, 0.2) is 8.32 Å². The summed E-state index contributed by atoms with van der Waals surface area (Å²) in [6, 6.07) is 10.8. The summed E-state index contributed by atoms with van der Waals surface area (Å²) in [6.07, 6.45) is 0.754. The van der Waals surface area contributed by atoms with Gasteiger partial charge in [0.25, 0.3) is 0 Å². The maximum Gasteiger partial charge on any atom is 0.307 e. The summed E-state index contributed by atoms with van der Waals surface area (Å²) < 4.78 is 28.2. The average Bonchev–Trinajstić information content (AvgIpc) is 3.21. The van der Waals surface area contributed by atoms with Crippen LogP contribution in [0.5, 0.6) is 5.75 Å². The second-order valence-corrected chi connectivity index (χ2v) is 17.3. The molecule has 2 heterocycles. The minimum atomic E-state index is -1.90. The van der Waals surface area contributed by atoms with E-state index in [0.717, 1.165) is 34.1 Å². The first-order valence-corrected chi connectivity index (χ1v) is 16.8. The van der Waals surface area contributed by atoms with Gasteiger partial charge in [-0.25, -0.2) is 4.39 Å². The van der Waals surface area contributed by atoms with Gasteiger partial charge in [-0.1, -0.05) is 45.9 Å². The molecule has 0 spiro atoms. The largest absolute Gasteiger partial charge is 0.491 e. The molecule has 2 aromatic carbocycles. The third-order valence-electron chi connectivity index (χ3n) is 8.72. The van der Waals surface area contributed by atoms with Crippen LogP contribution in [0.4, 0.5) is 4.39 Å². The molecule has 39 heavy (non-hydrogen) atoms. The molecule has 0 aliphatic carbocycles. The fraction of sp³-hybridized carbons (Fsp3) is 0.516. The van der Waals surface area contributed by atoms with Gasteiger partial charge in [-0.05, 0) is 67.7 Å².